The van der Waals surface area contributed by atoms with Gasteiger partial charge >= 0.3 is 0 Å². The first kappa shape index (κ1) is 16.8. The van der Waals surface area contributed by atoms with Gasteiger partial charge in [-0.3, -0.25) is 9.69 Å². The van der Waals surface area contributed by atoms with Crippen molar-refractivity contribution < 1.29 is 4.79 Å². The van der Waals surface area contributed by atoms with E-state index in [1.807, 2.05) is 28.8 Å². The summed E-state index contributed by atoms with van der Waals surface area (Å²) in [6.45, 7) is 5.86. The molecule has 1 amide bonds. The van der Waals surface area contributed by atoms with Crippen molar-refractivity contribution in [1.82, 2.24) is 19.7 Å². The van der Waals surface area contributed by atoms with Crippen molar-refractivity contribution in [3.63, 3.8) is 0 Å². The lowest BCUT2D eigenvalue weighted by Crippen LogP contribution is -2.52. The molecule has 118 valence electrons. The molecule has 1 aromatic rings. The number of hydrogen-bond acceptors (Lipinski definition) is 3. The van der Waals surface area contributed by atoms with Crippen molar-refractivity contribution in [2.24, 2.45) is 7.05 Å². The van der Waals surface area contributed by atoms with Crippen LogP contribution in [0.25, 0.3) is 0 Å². The molecule has 7 heteroatoms. The second-order valence-corrected chi connectivity index (χ2v) is 6.54. The highest BCUT2D eigenvalue weighted by atomic mass is 79.9. The lowest BCUT2D eigenvalue weighted by molar-refractivity contribution is 0.0575. The lowest BCUT2D eigenvalue weighted by atomic mass is 10.2. The summed E-state index contributed by atoms with van der Waals surface area (Å²) in [5.41, 5.74) is 0.757. The number of aryl methyl sites for hydroxylation is 1. The third-order valence-electron chi connectivity index (χ3n) is 4.34. The average molecular weight is 378 g/mol. The van der Waals surface area contributed by atoms with E-state index < -0.39 is 0 Å². The minimum absolute atomic E-state index is 0. The van der Waals surface area contributed by atoms with Gasteiger partial charge in [0.05, 0.1) is 0 Å². The summed E-state index contributed by atoms with van der Waals surface area (Å²) < 4.78 is 2.85. The number of rotatable bonds is 2. The number of nitrogens with one attached hydrogen (secondary N) is 1. The van der Waals surface area contributed by atoms with Crippen LogP contribution in [0.15, 0.2) is 16.7 Å². The molecular weight excluding hydrogens is 356 g/mol. The molecule has 3 heterocycles. The van der Waals surface area contributed by atoms with E-state index in [-0.39, 0.29) is 18.3 Å². The van der Waals surface area contributed by atoms with Gasteiger partial charge in [0.15, 0.2) is 0 Å². The summed E-state index contributed by atoms with van der Waals surface area (Å²) >= 11 is 3.42. The Morgan fingerprint density at radius 1 is 1.33 bits per heavy atom. The molecule has 21 heavy (non-hydrogen) atoms. The van der Waals surface area contributed by atoms with Crippen LogP contribution >= 0.6 is 28.3 Å². The van der Waals surface area contributed by atoms with E-state index in [0.29, 0.717) is 6.04 Å². The van der Waals surface area contributed by atoms with Gasteiger partial charge in [-0.1, -0.05) is 0 Å². The molecule has 1 aromatic heterocycles. The molecule has 1 N–H and O–H groups in total. The highest BCUT2D eigenvalue weighted by Gasteiger charge is 2.28. The van der Waals surface area contributed by atoms with E-state index >= 15 is 0 Å². The number of nitrogens with zero attached hydrogens (tertiary/aromatic N) is 3. The van der Waals surface area contributed by atoms with E-state index in [1.165, 1.54) is 6.42 Å². The van der Waals surface area contributed by atoms with Crippen LogP contribution in [0.5, 0.6) is 0 Å². The molecule has 0 spiro atoms. The van der Waals surface area contributed by atoms with Crippen molar-refractivity contribution >= 4 is 34.2 Å². The van der Waals surface area contributed by atoms with Gasteiger partial charge in [0, 0.05) is 56.5 Å². The summed E-state index contributed by atoms with van der Waals surface area (Å²) in [4.78, 5) is 17.0. The highest BCUT2D eigenvalue weighted by molar-refractivity contribution is 9.10. The maximum atomic E-state index is 12.5. The quantitative estimate of drug-likeness (QED) is 0.845. The Kier molecular flexibility index (Phi) is 5.71. The van der Waals surface area contributed by atoms with Crippen LogP contribution in [0.4, 0.5) is 0 Å². The molecule has 5 nitrogen and oxygen atoms in total. The second kappa shape index (κ2) is 7.13. The van der Waals surface area contributed by atoms with Gasteiger partial charge in [0.25, 0.3) is 5.91 Å². The fourth-order valence-corrected chi connectivity index (χ4v) is 3.66. The maximum absolute atomic E-state index is 12.5. The first-order chi connectivity index (χ1) is 9.65. The minimum atomic E-state index is 0. The summed E-state index contributed by atoms with van der Waals surface area (Å²) in [6.07, 6.45) is 3.16. The zero-order valence-electron chi connectivity index (χ0n) is 12.2. The van der Waals surface area contributed by atoms with Gasteiger partial charge in [-0.05, 0) is 35.0 Å². The monoisotopic (exact) mass is 376 g/mol. The number of hydrogen-bond donors (Lipinski definition) is 1. The van der Waals surface area contributed by atoms with Crippen LogP contribution in [0.2, 0.25) is 0 Å². The number of halogens is 2. The van der Waals surface area contributed by atoms with Gasteiger partial charge in [0.1, 0.15) is 5.69 Å². The molecule has 0 bridgehead atoms. The Labute approximate surface area is 140 Å². The van der Waals surface area contributed by atoms with Gasteiger partial charge in [-0.2, -0.15) is 0 Å². The number of amides is 1. The zero-order valence-corrected chi connectivity index (χ0v) is 14.6. The normalized spacial score (nSPS) is 23.1. The van der Waals surface area contributed by atoms with Gasteiger partial charge in [-0.25, -0.2) is 0 Å². The molecular formula is C14H22BrClN4O. The average Bonchev–Trinajstić information content (AvgIpc) is 3.08. The third-order valence-corrected chi connectivity index (χ3v) is 4.78. The topological polar surface area (TPSA) is 40.5 Å². The molecule has 0 radical (unpaired) electrons. The van der Waals surface area contributed by atoms with Crippen LogP contribution in [0.1, 0.15) is 16.9 Å². The Hall–Kier alpha value is -0.560. The summed E-state index contributed by atoms with van der Waals surface area (Å²) in [5, 5.41) is 3.41. The summed E-state index contributed by atoms with van der Waals surface area (Å²) in [7, 11) is 1.92. The van der Waals surface area contributed by atoms with E-state index in [2.05, 4.69) is 26.1 Å². The van der Waals surface area contributed by atoms with Gasteiger partial charge in [-0.15, -0.1) is 12.4 Å². The molecule has 0 aliphatic carbocycles. The van der Waals surface area contributed by atoms with Crippen molar-refractivity contribution in [1.29, 1.82) is 0 Å². The SMILES string of the molecule is Cl.Cn1cc(Br)cc1C(=O)N1CCN(C2CCNC2)CC1. The Balaban J connectivity index is 0.00000161. The summed E-state index contributed by atoms with van der Waals surface area (Å²) in [5.74, 6) is 0.141. The Morgan fingerprint density at radius 3 is 2.57 bits per heavy atom. The summed E-state index contributed by atoms with van der Waals surface area (Å²) in [6, 6.07) is 2.56. The maximum Gasteiger partial charge on any atom is 0.270 e. The molecule has 0 saturated carbocycles. The first-order valence-electron chi connectivity index (χ1n) is 7.21. The Morgan fingerprint density at radius 2 is 2.05 bits per heavy atom. The van der Waals surface area contributed by atoms with Gasteiger partial charge < -0.3 is 14.8 Å². The van der Waals surface area contributed by atoms with E-state index in [4.69, 9.17) is 0 Å². The third kappa shape index (κ3) is 3.62. The fraction of sp³-hybridized carbons (Fsp3) is 0.643. The van der Waals surface area contributed by atoms with E-state index in [9.17, 15) is 4.79 Å². The predicted molar refractivity (Wildman–Crippen MR) is 89.1 cm³/mol. The van der Waals surface area contributed by atoms with Crippen LogP contribution in [0.3, 0.4) is 0 Å². The molecule has 1 unspecified atom stereocenters. The number of piperazine rings is 1. The number of carbonyl (C=O) groups excluding carboxylic acids is 1. The second-order valence-electron chi connectivity index (χ2n) is 5.63. The van der Waals surface area contributed by atoms with Crippen LogP contribution in [-0.4, -0.2) is 65.6 Å². The number of carbonyl (C=O) groups is 1. The van der Waals surface area contributed by atoms with E-state index in [1.54, 1.807) is 0 Å². The lowest BCUT2D eigenvalue weighted by Gasteiger charge is -2.37. The van der Waals surface area contributed by atoms with Gasteiger partial charge in [0.2, 0.25) is 0 Å². The van der Waals surface area contributed by atoms with Crippen molar-refractivity contribution in [3.8, 4) is 0 Å². The smallest absolute Gasteiger partial charge is 0.270 e. The minimum Gasteiger partial charge on any atom is -0.345 e. The highest BCUT2D eigenvalue weighted by Crippen LogP contribution is 2.17. The predicted octanol–water partition coefficient (Wildman–Crippen LogP) is 1.33. The van der Waals surface area contributed by atoms with Crippen LogP contribution in [-0.2, 0) is 7.05 Å². The first-order valence-corrected chi connectivity index (χ1v) is 8.00. The molecule has 2 saturated heterocycles. The standard InChI is InChI=1S/C14H21BrN4O.ClH/c1-17-10-11(15)8-13(17)14(20)19-6-4-18(5-7-19)12-2-3-16-9-12;/h8,10,12,16H,2-7,9H2,1H3;1H. The van der Waals surface area contributed by atoms with Crippen LogP contribution < -0.4 is 5.32 Å². The molecule has 3 rings (SSSR count). The van der Waals surface area contributed by atoms with Crippen LogP contribution in [0, 0.1) is 0 Å². The van der Waals surface area contributed by atoms with E-state index in [0.717, 1.165) is 49.4 Å². The zero-order chi connectivity index (χ0) is 14.1. The van der Waals surface area contributed by atoms with Crippen molar-refractivity contribution in [2.75, 3.05) is 39.3 Å². The van der Waals surface area contributed by atoms with Crippen molar-refractivity contribution in [3.05, 3.63) is 22.4 Å². The molecule has 1 atom stereocenters. The number of aromatic nitrogens is 1. The molecule has 2 aliphatic rings. The molecule has 2 aliphatic heterocycles. The molecule has 2 fully saturated rings. The largest absolute Gasteiger partial charge is 0.345 e. The Bertz CT molecular complexity index is 493. The fourth-order valence-electron chi connectivity index (χ4n) is 3.14. The van der Waals surface area contributed by atoms with Crippen molar-refractivity contribution in [2.45, 2.75) is 12.5 Å². The molecule has 0 aromatic carbocycles.